The molecule has 3 heterocycles. The Kier molecular flexibility index (Phi) is 10.2. The fraction of sp³-hybridized carbons (Fsp3) is 0.206. The first-order chi connectivity index (χ1) is 22.6. The fourth-order valence-electron chi connectivity index (χ4n) is 4.91. The molecule has 0 saturated carbocycles. The van der Waals surface area contributed by atoms with Crippen molar-refractivity contribution in [1.29, 1.82) is 0 Å². The van der Waals surface area contributed by atoms with Gasteiger partial charge in [-0.05, 0) is 48.7 Å². The van der Waals surface area contributed by atoms with Crippen LogP contribution in [-0.4, -0.2) is 51.3 Å². The highest BCUT2D eigenvalue weighted by Gasteiger charge is 2.31. The maximum Gasteiger partial charge on any atom is 0.320 e. The van der Waals surface area contributed by atoms with Crippen LogP contribution in [0.1, 0.15) is 35.0 Å². The number of nitrogens with one attached hydrogen (secondary N) is 3. The van der Waals surface area contributed by atoms with Gasteiger partial charge in [0.1, 0.15) is 22.1 Å². The van der Waals surface area contributed by atoms with Gasteiger partial charge in [0.2, 0.25) is 5.43 Å². The first kappa shape index (κ1) is 33.1. The van der Waals surface area contributed by atoms with Crippen LogP contribution in [0.4, 0.5) is 19.4 Å². The molecule has 0 aliphatic heterocycles. The van der Waals surface area contributed by atoms with E-state index in [0.717, 1.165) is 16.9 Å². The van der Waals surface area contributed by atoms with Gasteiger partial charge in [0.25, 0.3) is 5.91 Å². The number of rotatable bonds is 12. The van der Waals surface area contributed by atoms with Crippen molar-refractivity contribution in [1.82, 2.24) is 25.2 Å². The normalized spacial score (nSPS) is 11.3. The lowest BCUT2D eigenvalue weighted by Crippen LogP contribution is -2.31. The van der Waals surface area contributed by atoms with Crippen molar-refractivity contribution in [3.63, 3.8) is 0 Å². The van der Waals surface area contributed by atoms with E-state index in [1.165, 1.54) is 17.8 Å². The summed E-state index contributed by atoms with van der Waals surface area (Å²) in [6, 6.07) is 15.7. The van der Waals surface area contributed by atoms with Gasteiger partial charge >= 0.3 is 12.0 Å². The second-order valence-corrected chi connectivity index (χ2v) is 11.4. The van der Waals surface area contributed by atoms with Crippen LogP contribution in [0.25, 0.3) is 32.6 Å². The molecule has 0 radical (unpaired) electrons. The Morgan fingerprint density at radius 1 is 1.11 bits per heavy atom. The van der Waals surface area contributed by atoms with Gasteiger partial charge in [-0.15, -0.1) is 11.3 Å². The van der Waals surface area contributed by atoms with Crippen molar-refractivity contribution in [2.24, 2.45) is 0 Å². The molecule has 13 heteroatoms. The number of hydrogen-bond acceptors (Lipinski definition) is 7. The number of hydrogen-bond donors (Lipinski definition) is 4. The minimum atomic E-state index is -3.34. The van der Waals surface area contributed by atoms with Gasteiger partial charge in [0.15, 0.2) is 0 Å². The van der Waals surface area contributed by atoms with Gasteiger partial charge < -0.3 is 20.3 Å². The van der Waals surface area contributed by atoms with Gasteiger partial charge in [-0.1, -0.05) is 43.0 Å². The first-order valence-corrected chi connectivity index (χ1v) is 15.7. The second kappa shape index (κ2) is 14.4. The number of carbonyl (C=O) groups excluding carboxylic acids is 2. The van der Waals surface area contributed by atoms with Crippen LogP contribution in [0.15, 0.2) is 89.8 Å². The fourth-order valence-corrected chi connectivity index (χ4v) is 5.79. The Hall–Kier alpha value is -5.27. The Labute approximate surface area is 272 Å². The molecule has 10 nitrogen and oxygen atoms in total. The van der Waals surface area contributed by atoms with Crippen LogP contribution in [0.3, 0.4) is 0 Å². The number of anilines is 1. The summed E-state index contributed by atoms with van der Waals surface area (Å²) in [5, 5.41) is 18.9. The predicted octanol–water partition coefficient (Wildman–Crippen LogP) is 5.77. The van der Waals surface area contributed by atoms with E-state index in [-0.39, 0.29) is 29.5 Å². The summed E-state index contributed by atoms with van der Waals surface area (Å²) in [5.74, 6) is -3.71. The SMILES string of the molecule is C=CC(F)(F)c1csc(-c2cc(NC(=O)NCC)ncc2-c2ccc3c(=O)c(C(=O)NCCCO)cn(Cc4ccccc4)c3c2)n1. The topological polar surface area (TPSA) is 138 Å². The van der Waals surface area contributed by atoms with Crippen LogP contribution in [0.2, 0.25) is 0 Å². The van der Waals surface area contributed by atoms with Crippen LogP contribution in [0.5, 0.6) is 0 Å². The van der Waals surface area contributed by atoms with E-state index in [4.69, 9.17) is 5.11 Å². The maximum absolute atomic E-state index is 14.5. The summed E-state index contributed by atoms with van der Waals surface area (Å²) in [6.07, 6.45) is 3.89. The number of amides is 3. The standard InChI is InChI=1S/C34H32F2N6O4S/c1-3-34(35,36)28-20-47-32(40-28)24-16-29(41-33(46)37-4-2)39-17-25(24)22-11-12-23-27(15-22)42(18-21-9-6-5-7-10-21)19-26(30(23)44)31(45)38-13-8-14-43/h3,5-7,9-12,15-17,19-20,43H,1,4,8,13-14,18H2,2H3,(H,38,45)(H2,37,39,41,46). The van der Waals surface area contributed by atoms with Crippen molar-refractivity contribution in [2.45, 2.75) is 25.8 Å². The van der Waals surface area contributed by atoms with Crippen molar-refractivity contribution < 1.29 is 23.5 Å². The highest BCUT2D eigenvalue weighted by molar-refractivity contribution is 7.13. The number of aliphatic hydroxyl groups excluding tert-OH is 1. The van der Waals surface area contributed by atoms with E-state index in [2.05, 4.69) is 32.5 Å². The summed E-state index contributed by atoms with van der Waals surface area (Å²) >= 11 is 1.01. The summed E-state index contributed by atoms with van der Waals surface area (Å²) in [6.45, 7) is 5.82. The molecule has 0 atom stereocenters. The molecule has 3 amide bonds. The third kappa shape index (κ3) is 7.42. The summed E-state index contributed by atoms with van der Waals surface area (Å²) in [5.41, 5.74) is 2.02. The number of nitrogens with zero attached hydrogens (tertiary/aromatic N) is 3. The Morgan fingerprint density at radius 3 is 2.62 bits per heavy atom. The number of urea groups is 1. The van der Waals surface area contributed by atoms with E-state index in [9.17, 15) is 23.2 Å². The highest BCUT2D eigenvalue weighted by Crippen LogP contribution is 2.39. The van der Waals surface area contributed by atoms with Crippen molar-refractivity contribution in [2.75, 3.05) is 25.0 Å². The molecular formula is C34H32F2N6O4S. The molecule has 4 N–H and O–H groups in total. The van der Waals surface area contributed by atoms with Gasteiger partial charge in [-0.2, -0.15) is 8.78 Å². The van der Waals surface area contributed by atoms with E-state index in [0.29, 0.717) is 53.2 Å². The minimum absolute atomic E-state index is 0.0410. The molecule has 0 spiro atoms. The Bertz CT molecular complexity index is 1990. The highest BCUT2D eigenvalue weighted by atomic mass is 32.1. The molecule has 3 aromatic heterocycles. The van der Waals surface area contributed by atoms with Crippen molar-refractivity contribution in [3.05, 3.63) is 112 Å². The van der Waals surface area contributed by atoms with E-state index < -0.39 is 29.0 Å². The zero-order valence-electron chi connectivity index (χ0n) is 25.4. The van der Waals surface area contributed by atoms with E-state index in [1.807, 2.05) is 30.3 Å². The number of carbonyl (C=O) groups is 2. The predicted molar refractivity (Wildman–Crippen MR) is 179 cm³/mol. The third-order valence-corrected chi connectivity index (χ3v) is 8.14. The number of pyridine rings is 2. The van der Waals surface area contributed by atoms with E-state index >= 15 is 0 Å². The molecule has 0 aliphatic carbocycles. The molecule has 0 fully saturated rings. The lowest BCUT2D eigenvalue weighted by Gasteiger charge is -2.16. The number of fused-ring (bicyclic) bond motifs is 1. The molecular weight excluding hydrogens is 626 g/mol. The van der Waals surface area contributed by atoms with E-state index in [1.54, 1.807) is 35.8 Å². The molecule has 0 unspecified atom stereocenters. The molecule has 242 valence electrons. The molecule has 5 aromatic rings. The summed E-state index contributed by atoms with van der Waals surface area (Å²) in [7, 11) is 0. The number of thiazole rings is 1. The number of benzene rings is 2. The zero-order valence-corrected chi connectivity index (χ0v) is 26.2. The van der Waals surface area contributed by atoms with Crippen molar-refractivity contribution >= 4 is 40.0 Å². The number of aromatic nitrogens is 3. The first-order valence-electron chi connectivity index (χ1n) is 14.8. The molecule has 2 aromatic carbocycles. The van der Waals surface area contributed by atoms with Crippen molar-refractivity contribution in [3.8, 4) is 21.7 Å². The lowest BCUT2D eigenvalue weighted by atomic mass is 9.99. The molecule has 5 rings (SSSR count). The Balaban J connectivity index is 1.67. The lowest BCUT2D eigenvalue weighted by molar-refractivity contribution is 0.0484. The summed E-state index contributed by atoms with van der Waals surface area (Å²) in [4.78, 5) is 47.5. The zero-order chi connectivity index (χ0) is 33.6. The second-order valence-electron chi connectivity index (χ2n) is 10.5. The number of alkyl halides is 2. The number of aliphatic hydroxyl groups is 1. The van der Waals surface area contributed by atoms with Gasteiger partial charge in [-0.3, -0.25) is 14.9 Å². The minimum Gasteiger partial charge on any atom is -0.396 e. The molecule has 0 saturated heterocycles. The third-order valence-electron chi connectivity index (χ3n) is 7.27. The molecule has 0 bridgehead atoms. The van der Waals surface area contributed by atoms with Crippen LogP contribution < -0.4 is 21.4 Å². The summed E-state index contributed by atoms with van der Waals surface area (Å²) < 4.78 is 30.7. The van der Waals surface area contributed by atoms with Crippen LogP contribution in [0, 0.1) is 0 Å². The number of allylic oxidation sites excluding steroid dienone is 1. The molecule has 0 aliphatic rings. The Morgan fingerprint density at radius 2 is 1.89 bits per heavy atom. The number of halogens is 2. The van der Waals surface area contributed by atoms with Crippen LogP contribution >= 0.6 is 11.3 Å². The van der Waals surface area contributed by atoms with Gasteiger partial charge in [0.05, 0.1) is 5.52 Å². The van der Waals surface area contributed by atoms with Crippen LogP contribution in [-0.2, 0) is 12.5 Å². The van der Waals surface area contributed by atoms with Gasteiger partial charge in [-0.25, -0.2) is 14.8 Å². The quantitative estimate of drug-likeness (QED) is 0.0993. The monoisotopic (exact) mass is 658 g/mol. The average Bonchev–Trinajstić information content (AvgIpc) is 3.58. The maximum atomic E-state index is 14.5. The average molecular weight is 659 g/mol. The smallest absolute Gasteiger partial charge is 0.320 e. The largest absolute Gasteiger partial charge is 0.396 e. The molecule has 47 heavy (non-hydrogen) atoms. The van der Waals surface area contributed by atoms with Gasteiger partial charge in [0, 0.05) is 60.5 Å².